The normalized spacial score (nSPS) is 23.6. The molecule has 1 amide bonds. The fourth-order valence-electron chi connectivity index (χ4n) is 3.44. The Morgan fingerprint density at radius 3 is 2.10 bits per heavy atom. The van der Waals surface area contributed by atoms with E-state index in [4.69, 9.17) is 0 Å². The van der Waals surface area contributed by atoms with E-state index < -0.39 is 0 Å². The molecule has 0 bridgehead atoms. The van der Waals surface area contributed by atoms with Crippen molar-refractivity contribution >= 4 is 6.41 Å². The van der Waals surface area contributed by atoms with E-state index >= 15 is 0 Å². The standard InChI is InChI=1S/C16H32N4O/c1-15(2)20-12-10-19(11-13-20)7-3-6-18-8-4-16(5-9-18)17-14-21/h14-16H,3-13H2,1-2H3,(H,17,21). The molecule has 0 atom stereocenters. The molecule has 0 radical (unpaired) electrons. The fourth-order valence-corrected chi connectivity index (χ4v) is 3.44. The molecule has 0 aromatic rings. The number of piperidine rings is 1. The van der Waals surface area contributed by atoms with Crippen LogP contribution in [0, 0.1) is 0 Å². The fraction of sp³-hybridized carbons (Fsp3) is 0.938. The minimum Gasteiger partial charge on any atom is -0.356 e. The van der Waals surface area contributed by atoms with Gasteiger partial charge in [-0.2, -0.15) is 0 Å². The van der Waals surface area contributed by atoms with Gasteiger partial charge in [-0.15, -0.1) is 0 Å². The van der Waals surface area contributed by atoms with E-state index in [1.54, 1.807) is 0 Å². The number of piperazine rings is 1. The van der Waals surface area contributed by atoms with Crippen LogP contribution < -0.4 is 5.32 Å². The van der Waals surface area contributed by atoms with Crippen LogP contribution in [0.15, 0.2) is 0 Å². The summed E-state index contributed by atoms with van der Waals surface area (Å²) in [7, 11) is 0. The number of likely N-dealkylation sites (tertiary alicyclic amines) is 1. The molecule has 2 aliphatic rings. The second-order valence-electron chi connectivity index (χ2n) is 6.73. The molecule has 122 valence electrons. The molecule has 0 aromatic heterocycles. The molecule has 21 heavy (non-hydrogen) atoms. The first kappa shape index (κ1) is 16.7. The Bertz CT molecular complexity index is 295. The zero-order valence-corrected chi connectivity index (χ0v) is 13.8. The third-order valence-electron chi connectivity index (χ3n) is 4.98. The molecule has 0 aromatic carbocycles. The maximum Gasteiger partial charge on any atom is 0.207 e. The van der Waals surface area contributed by atoms with Crippen molar-refractivity contribution in [3.05, 3.63) is 0 Å². The van der Waals surface area contributed by atoms with Crippen LogP contribution in [0.3, 0.4) is 0 Å². The molecule has 5 nitrogen and oxygen atoms in total. The summed E-state index contributed by atoms with van der Waals surface area (Å²) in [6.45, 7) is 14.2. The van der Waals surface area contributed by atoms with Crippen LogP contribution in [0.25, 0.3) is 0 Å². The maximum atomic E-state index is 10.4. The molecule has 1 N–H and O–H groups in total. The molecule has 0 saturated carbocycles. The number of amides is 1. The van der Waals surface area contributed by atoms with Crippen molar-refractivity contribution in [3.63, 3.8) is 0 Å². The summed E-state index contributed by atoms with van der Waals surface area (Å²) in [6.07, 6.45) is 4.32. The molecule has 2 rings (SSSR count). The van der Waals surface area contributed by atoms with Crippen molar-refractivity contribution in [2.24, 2.45) is 0 Å². The molecule has 0 spiro atoms. The molecule has 2 fully saturated rings. The summed E-state index contributed by atoms with van der Waals surface area (Å²) in [5, 5.41) is 2.91. The van der Waals surface area contributed by atoms with Gasteiger partial charge >= 0.3 is 0 Å². The first-order valence-electron chi connectivity index (χ1n) is 8.57. The van der Waals surface area contributed by atoms with Crippen molar-refractivity contribution in [1.82, 2.24) is 20.0 Å². The van der Waals surface area contributed by atoms with Gasteiger partial charge in [0.25, 0.3) is 0 Å². The highest BCUT2D eigenvalue weighted by Gasteiger charge is 2.20. The van der Waals surface area contributed by atoms with E-state index in [0.29, 0.717) is 12.1 Å². The van der Waals surface area contributed by atoms with Crippen LogP contribution >= 0.6 is 0 Å². The summed E-state index contributed by atoms with van der Waals surface area (Å²) < 4.78 is 0. The van der Waals surface area contributed by atoms with E-state index in [2.05, 4.69) is 33.9 Å². The summed E-state index contributed by atoms with van der Waals surface area (Å²) in [6, 6.07) is 1.09. The highest BCUT2D eigenvalue weighted by molar-refractivity contribution is 5.46. The smallest absolute Gasteiger partial charge is 0.207 e. The van der Waals surface area contributed by atoms with Gasteiger partial charge in [-0.05, 0) is 46.2 Å². The highest BCUT2D eigenvalue weighted by atomic mass is 16.1. The minimum absolute atomic E-state index is 0.405. The van der Waals surface area contributed by atoms with Crippen LogP contribution in [0.1, 0.15) is 33.1 Å². The molecule has 2 aliphatic heterocycles. The van der Waals surface area contributed by atoms with Gasteiger partial charge in [0.15, 0.2) is 0 Å². The lowest BCUT2D eigenvalue weighted by molar-refractivity contribution is -0.110. The van der Waals surface area contributed by atoms with E-state index in [9.17, 15) is 4.79 Å². The van der Waals surface area contributed by atoms with Crippen LogP contribution in [-0.4, -0.2) is 85.6 Å². The van der Waals surface area contributed by atoms with Crippen LogP contribution in [0.2, 0.25) is 0 Å². The lowest BCUT2D eigenvalue weighted by Gasteiger charge is -2.37. The van der Waals surface area contributed by atoms with Gasteiger partial charge in [0.2, 0.25) is 6.41 Å². The highest BCUT2D eigenvalue weighted by Crippen LogP contribution is 2.11. The minimum atomic E-state index is 0.405. The predicted molar refractivity (Wildman–Crippen MR) is 86.4 cm³/mol. The lowest BCUT2D eigenvalue weighted by atomic mass is 10.1. The summed E-state index contributed by atoms with van der Waals surface area (Å²) in [4.78, 5) is 18.2. The Balaban J connectivity index is 1.53. The zero-order chi connectivity index (χ0) is 15.1. The third kappa shape index (κ3) is 5.57. The number of carbonyl (C=O) groups is 1. The maximum absolute atomic E-state index is 10.4. The van der Waals surface area contributed by atoms with Gasteiger partial charge in [0.1, 0.15) is 0 Å². The van der Waals surface area contributed by atoms with Gasteiger partial charge in [0, 0.05) is 51.4 Å². The van der Waals surface area contributed by atoms with Gasteiger partial charge < -0.3 is 15.1 Å². The first-order valence-corrected chi connectivity index (χ1v) is 8.57. The Morgan fingerprint density at radius 2 is 1.57 bits per heavy atom. The number of nitrogens with zero attached hydrogens (tertiary/aromatic N) is 3. The number of hydrogen-bond acceptors (Lipinski definition) is 4. The second-order valence-corrected chi connectivity index (χ2v) is 6.73. The summed E-state index contributed by atoms with van der Waals surface area (Å²) >= 11 is 0. The topological polar surface area (TPSA) is 38.8 Å². The molecule has 2 saturated heterocycles. The number of rotatable bonds is 7. The van der Waals surface area contributed by atoms with Crippen molar-refractivity contribution in [1.29, 1.82) is 0 Å². The first-order chi connectivity index (χ1) is 10.2. The Kier molecular flexibility index (Phi) is 6.93. The second kappa shape index (κ2) is 8.71. The molecular weight excluding hydrogens is 264 g/mol. The van der Waals surface area contributed by atoms with E-state index in [0.717, 1.165) is 32.3 Å². The van der Waals surface area contributed by atoms with Gasteiger partial charge in [-0.1, -0.05) is 0 Å². The summed E-state index contributed by atoms with van der Waals surface area (Å²) in [5.74, 6) is 0. The molecule has 5 heteroatoms. The zero-order valence-electron chi connectivity index (χ0n) is 13.8. The largest absolute Gasteiger partial charge is 0.356 e. The monoisotopic (exact) mass is 296 g/mol. The quantitative estimate of drug-likeness (QED) is 0.699. The van der Waals surface area contributed by atoms with Crippen LogP contribution in [0.5, 0.6) is 0 Å². The molecule has 2 heterocycles. The summed E-state index contributed by atoms with van der Waals surface area (Å²) in [5.41, 5.74) is 0. The molecule has 0 aliphatic carbocycles. The van der Waals surface area contributed by atoms with Crippen molar-refractivity contribution in [2.45, 2.75) is 45.2 Å². The average Bonchev–Trinajstić information content (AvgIpc) is 2.50. The number of hydrogen-bond donors (Lipinski definition) is 1. The molecule has 0 unspecified atom stereocenters. The van der Waals surface area contributed by atoms with E-state index in [1.807, 2.05) is 0 Å². The average molecular weight is 296 g/mol. The van der Waals surface area contributed by atoms with Crippen LogP contribution in [0.4, 0.5) is 0 Å². The van der Waals surface area contributed by atoms with Crippen molar-refractivity contribution < 1.29 is 4.79 Å². The SMILES string of the molecule is CC(C)N1CCN(CCCN2CCC(NC=O)CC2)CC1. The van der Waals surface area contributed by atoms with Gasteiger partial charge in [-0.25, -0.2) is 0 Å². The number of nitrogens with one attached hydrogen (secondary N) is 1. The van der Waals surface area contributed by atoms with Crippen molar-refractivity contribution in [2.75, 3.05) is 52.4 Å². The Hall–Kier alpha value is -0.650. The van der Waals surface area contributed by atoms with Crippen LogP contribution in [-0.2, 0) is 4.79 Å². The van der Waals surface area contributed by atoms with Gasteiger partial charge in [0.05, 0.1) is 0 Å². The molecular formula is C16H32N4O. The third-order valence-corrected chi connectivity index (χ3v) is 4.98. The van der Waals surface area contributed by atoms with Gasteiger partial charge in [-0.3, -0.25) is 9.69 Å². The van der Waals surface area contributed by atoms with E-state index in [1.165, 1.54) is 45.7 Å². The van der Waals surface area contributed by atoms with E-state index in [-0.39, 0.29) is 0 Å². The predicted octanol–water partition coefficient (Wildman–Crippen LogP) is 0.613. The Morgan fingerprint density at radius 1 is 1.00 bits per heavy atom. The lowest BCUT2D eigenvalue weighted by Crippen LogP contribution is -2.49. The number of carbonyl (C=O) groups excluding carboxylic acids is 1. The Labute approximate surface area is 129 Å². The van der Waals surface area contributed by atoms with Crippen molar-refractivity contribution in [3.8, 4) is 0 Å².